The van der Waals surface area contributed by atoms with Crippen molar-refractivity contribution < 1.29 is 9.47 Å². The van der Waals surface area contributed by atoms with E-state index in [1.165, 1.54) is 25.7 Å². The van der Waals surface area contributed by atoms with Crippen LogP contribution in [0.4, 0.5) is 11.5 Å². The Bertz CT molecular complexity index is 446. The SMILES string of the molecule is CCOc1nc(COC)nc(NC2CCCCCC2)c1N. The van der Waals surface area contributed by atoms with E-state index in [-0.39, 0.29) is 0 Å². The maximum atomic E-state index is 6.14. The molecule has 1 heterocycles. The summed E-state index contributed by atoms with van der Waals surface area (Å²) in [7, 11) is 1.62. The molecule has 0 atom stereocenters. The van der Waals surface area contributed by atoms with Crippen LogP contribution in [0.15, 0.2) is 0 Å². The number of ether oxygens (including phenoxy) is 2. The molecule has 0 aliphatic heterocycles. The van der Waals surface area contributed by atoms with E-state index in [1.54, 1.807) is 7.11 Å². The number of anilines is 2. The van der Waals surface area contributed by atoms with Gasteiger partial charge in [0.05, 0.1) is 6.61 Å². The Morgan fingerprint density at radius 2 is 1.90 bits per heavy atom. The predicted molar refractivity (Wildman–Crippen MR) is 83.4 cm³/mol. The third-order valence-corrected chi connectivity index (χ3v) is 3.71. The van der Waals surface area contributed by atoms with Gasteiger partial charge in [-0.25, -0.2) is 4.98 Å². The van der Waals surface area contributed by atoms with Crippen LogP contribution in [0.5, 0.6) is 5.88 Å². The van der Waals surface area contributed by atoms with Crippen molar-refractivity contribution in [3.63, 3.8) is 0 Å². The molecule has 1 aliphatic carbocycles. The van der Waals surface area contributed by atoms with Crippen molar-refractivity contribution in [3.8, 4) is 5.88 Å². The van der Waals surface area contributed by atoms with E-state index >= 15 is 0 Å². The molecule has 6 heteroatoms. The molecule has 0 saturated heterocycles. The quantitative estimate of drug-likeness (QED) is 0.785. The van der Waals surface area contributed by atoms with Gasteiger partial charge in [-0.15, -0.1) is 0 Å². The van der Waals surface area contributed by atoms with E-state index in [0.717, 1.165) is 12.8 Å². The second-order valence-corrected chi connectivity index (χ2v) is 5.41. The molecule has 118 valence electrons. The van der Waals surface area contributed by atoms with E-state index in [9.17, 15) is 0 Å². The Morgan fingerprint density at radius 3 is 2.52 bits per heavy atom. The Labute approximate surface area is 126 Å². The Kier molecular flexibility index (Phi) is 6.04. The Morgan fingerprint density at radius 1 is 1.19 bits per heavy atom. The highest BCUT2D eigenvalue weighted by Gasteiger charge is 2.17. The van der Waals surface area contributed by atoms with E-state index in [1.807, 2.05) is 6.92 Å². The van der Waals surface area contributed by atoms with Gasteiger partial charge >= 0.3 is 0 Å². The van der Waals surface area contributed by atoms with Gasteiger partial charge in [0.2, 0.25) is 5.88 Å². The van der Waals surface area contributed by atoms with Gasteiger partial charge in [-0.3, -0.25) is 0 Å². The predicted octanol–water partition coefficient (Wildman–Crippen LogP) is 2.74. The van der Waals surface area contributed by atoms with Crippen molar-refractivity contribution in [2.75, 3.05) is 24.8 Å². The van der Waals surface area contributed by atoms with E-state index in [0.29, 0.717) is 42.5 Å². The normalized spacial score (nSPS) is 16.5. The first kappa shape index (κ1) is 15.8. The zero-order valence-corrected chi connectivity index (χ0v) is 13.0. The van der Waals surface area contributed by atoms with Crippen molar-refractivity contribution in [2.45, 2.75) is 58.1 Å². The minimum Gasteiger partial charge on any atom is -0.476 e. The van der Waals surface area contributed by atoms with Crippen molar-refractivity contribution in [2.24, 2.45) is 0 Å². The summed E-state index contributed by atoms with van der Waals surface area (Å²) in [5, 5.41) is 3.48. The van der Waals surface area contributed by atoms with E-state index in [2.05, 4.69) is 15.3 Å². The number of nitrogens with one attached hydrogen (secondary N) is 1. The molecule has 0 bridgehead atoms. The zero-order chi connectivity index (χ0) is 15.1. The highest BCUT2D eigenvalue weighted by molar-refractivity contribution is 5.67. The lowest BCUT2D eigenvalue weighted by Gasteiger charge is -2.19. The molecular formula is C15H26N4O2. The largest absolute Gasteiger partial charge is 0.476 e. The number of nitrogen functional groups attached to an aromatic ring is 1. The maximum Gasteiger partial charge on any atom is 0.242 e. The number of aromatic nitrogens is 2. The van der Waals surface area contributed by atoms with Gasteiger partial charge in [0.1, 0.15) is 12.3 Å². The van der Waals surface area contributed by atoms with Crippen LogP contribution in [0.25, 0.3) is 0 Å². The minimum absolute atomic E-state index is 0.347. The number of methoxy groups -OCH3 is 1. The Balaban J connectivity index is 2.18. The van der Waals surface area contributed by atoms with Gasteiger partial charge in [0.15, 0.2) is 11.6 Å². The fourth-order valence-electron chi connectivity index (χ4n) is 2.66. The third kappa shape index (κ3) is 4.46. The summed E-state index contributed by atoms with van der Waals surface area (Å²) in [4.78, 5) is 8.78. The first-order chi connectivity index (χ1) is 10.2. The summed E-state index contributed by atoms with van der Waals surface area (Å²) >= 11 is 0. The molecule has 1 aromatic heterocycles. The Hall–Kier alpha value is -1.56. The second-order valence-electron chi connectivity index (χ2n) is 5.41. The molecule has 0 aromatic carbocycles. The minimum atomic E-state index is 0.347. The maximum absolute atomic E-state index is 6.14. The monoisotopic (exact) mass is 294 g/mol. The van der Waals surface area contributed by atoms with Gasteiger partial charge in [-0.1, -0.05) is 25.7 Å². The van der Waals surface area contributed by atoms with Gasteiger partial charge < -0.3 is 20.5 Å². The van der Waals surface area contributed by atoms with Crippen LogP contribution in [-0.4, -0.2) is 29.7 Å². The summed E-state index contributed by atoms with van der Waals surface area (Å²) in [6, 6.07) is 0.426. The molecule has 21 heavy (non-hydrogen) atoms. The molecule has 1 fully saturated rings. The van der Waals surface area contributed by atoms with Crippen molar-refractivity contribution >= 4 is 11.5 Å². The summed E-state index contributed by atoms with van der Waals surface area (Å²) in [5.74, 6) is 1.70. The van der Waals surface area contributed by atoms with Gasteiger partial charge in [-0.05, 0) is 19.8 Å². The third-order valence-electron chi connectivity index (χ3n) is 3.71. The van der Waals surface area contributed by atoms with Crippen LogP contribution < -0.4 is 15.8 Å². The lowest BCUT2D eigenvalue weighted by molar-refractivity contribution is 0.176. The first-order valence-corrected chi connectivity index (χ1v) is 7.79. The van der Waals surface area contributed by atoms with E-state index < -0.39 is 0 Å². The smallest absolute Gasteiger partial charge is 0.242 e. The summed E-state index contributed by atoms with van der Waals surface area (Å²) < 4.78 is 10.6. The molecule has 3 N–H and O–H groups in total. The molecule has 1 aromatic rings. The molecule has 0 radical (unpaired) electrons. The van der Waals surface area contributed by atoms with E-state index in [4.69, 9.17) is 15.2 Å². The summed E-state index contributed by atoms with van der Waals surface area (Å²) in [6.07, 6.45) is 7.46. The molecule has 1 saturated carbocycles. The van der Waals surface area contributed by atoms with Gasteiger partial charge in [-0.2, -0.15) is 4.98 Å². The number of hydrogen-bond acceptors (Lipinski definition) is 6. The highest BCUT2D eigenvalue weighted by Crippen LogP contribution is 2.29. The van der Waals surface area contributed by atoms with Gasteiger partial charge in [0.25, 0.3) is 0 Å². The second kappa shape index (κ2) is 8.02. The standard InChI is InChI=1S/C15H26N4O2/c1-3-21-15-13(16)14(18-12(19-15)10-20-2)17-11-8-6-4-5-7-9-11/h11H,3-10,16H2,1-2H3,(H,17,18,19). The van der Waals surface area contributed by atoms with Crippen LogP contribution in [0.1, 0.15) is 51.3 Å². The lowest BCUT2D eigenvalue weighted by Crippen LogP contribution is -2.21. The molecule has 6 nitrogen and oxygen atoms in total. The average Bonchev–Trinajstić information content (AvgIpc) is 2.73. The number of nitrogens with two attached hydrogens (primary N) is 1. The summed E-state index contributed by atoms with van der Waals surface area (Å²) in [5.41, 5.74) is 6.62. The topological polar surface area (TPSA) is 82.3 Å². The van der Waals surface area contributed by atoms with Crippen LogP contribution in [0.2, 0.25) is 0 Å². The summed E-state index contributed by atoms with van der Waals surface area (Å²) in [6.45, 7) is 2.78. The molecular weight excluding hydrogens is 268 g/mol. The fraction of sp³-hybridized carbons (Fsp3) is 0.733. The zero-order valence-electron chi connectivity index (χ0n) is 13.0. The molecule has 0 spiro atoms. The molecule has 2 rings (SSSR count). The van der Waals surface area contributed by atoms with Gasteiger partial charge in [0, 0.05) is 13.2 Å². The number of rotatable bonds is 6. The van der Waals surface area contributed by atoms with Crippen LogP contribution in [-0.2, 0) is 11.3 Å². The first-order valence-electron chi connectivity index (χ1n) is 7.79. The van der Waals surface area contributed by atoms with Crippen molar-refractivity contribution in [3.05, 3.63) is 5.82 Å². The van der Waals surface area contributed by atoms with Crippen molar-refractivity contribution in [1.82, 2.24) is 9.97 Å². The van der Waals surface area contributed by atoms with Crippen molar-refractivity contribution in [1.29, 1.82) is 0 Å². The van der Waals surface area contributed by atoms with Crippen LogP contribution in [0, 0.1) is 0 Å². The molecule has 0 unspecified atom stereocenters. The van der Waals surface area contributed by atoms with Crippen LogP contribution >= 0.6 is 0 Å². The average molecular weight is 294 g/mol. The lowest BCUT2D eigenvalue weighted by atomic mass is 10.1. The highest BCUT2D eigenvalue weighted by atomic mass is 16.5. The fourth-order valence-corrected chi connectivity index (χ4v) is 2.66. The molecule has 1 aliphatic rings. The number of nitrogens with zero attached hydrogens (tertiary/aromatic N) is 2. The van der Waals surface area contributed by atoms with Crippen LogP contribution in [0.3, 0.4) is 0 Å². The number of hydrogen-bond donors (Lipinski definition) is 2. The molecule has 0 amide bonds.